The van der Waals surface area contributed by atoms with Gasteiger partial charge in [-0.3, -0.25) is 9.80 Å². The highest BCUT2D eigenvalue weighted by Crippen LogP contribution is 2.23. The Labute approximate surface area is 247 Å². The number of carbonyl (C=O) groups excluding carboxylic acids is 1. The van der Waals surface area contributed by atoms with Crippen LogP contribution in [0.15, 0.2) is 60.7 Å². The number of amides is 2. The van der Waals surface area contributed by atoms with Crippen molar-refractivity contribution in [1.82, 2.24) is 0 Å². The Morgan fingerprint density at radius 3 is 1.00 bits per heavy atom. The topological polar surface area (TPSA) is 23.6 Å². The third kappa shape index (κ3) is 14.9. The van der Waals surface area contributed by atoms with E-state index >= 15 is 0 Å². The summed E-state index contributed by atoms with van der Waals surface area (Å²) in [6.07, 6.45) is 26.1. The number of nitrogens with zero attached hydrogens (tertiary/aromatic N) is 2. The van der Waals surface area contributed by atoms with Crippen LogP contribution in [0.25, 0.3) is 0 Å². The number of unbranched alkanes of at least 4 members (excludes halogenated alkanes) is 18. The Kier molecular flexibility index (Phi) is 19.9. The fraction of sp³-hybridized carbons (Fsp3) is 0.649. The third-order valence-electron chi connectivity index (χ3n) is 8.07. The van der Waals surface area contributed by atoms with Crippen LogP contribution >= 0.6 is 0 Å². The number of rotatable bonds is 24. The molecule has 0 fully saturated rings. The summed E-state index contributed by atoms with van der Waals surface area (Å²) in [4.78, 5) is 18.1. The third-order valence-corrected chi connectivity index (χ3v) is 8.07. The summed E-state index contributed by atoms with van der Waals surface area (Å²) < 4.78 is 0. The molecule has 0 aliphatic heterocycles. The summed E-state index contributed by atoms with van der Waals surface area (Å²) in [5.74, 6) is 0. The highest BCUT2D eigenvalue weighted by atomic mass is 16.2. The van der Waals surface area contributed by atoms with Crippen LogP contribution in [0.3, 0.4) is 0 Å². The monoisotopic (exact) mass is 548 g/mol. The van der Waals surface area contributed by atoms with Crippen molar-refractivity contribution >= 4 is 17.4 Å². The van der Waals surface area contributed by atoms with Gasteiger partial charge in [-0.05, 0) is 37.1 Å². The molecular formula is C37H60N2O. The number of para-hydroxylation sites is 2. The molecule has 0 aliphatic rings. The van der Waals surface area contributed by atoms with Crippen LogP contribution < -0.4 is 9.80 Å². The van der Waals surface area contributed by atoms with Gasteiger partial charge in [0.25, 0.3) is 0 Å². The Hall–Kier alpha value is -2.29. The summed E-state index contributed by atoms with van der Waals surface area (Å²) in [6.45, 7) is 6.11. The zero-order valence-electron chi connectivity index (χ0n) is 26.1. The molecule has 0 bridgehead atoms. The van der Waals surface area contributed by atoms with Gasteiger partial charge >= 0.3 is 6.03 Å². The van der Waals surface area contributed by atoms with Crippen molar-refractivity contribution in [1.29, 1.82) is 0 Å². The van der Waals surface area contributed by atoms with Crippen LogP contribution in [0.1, 0.15) is 142 Å². The van der Waals surface area contributed by atoms with Gasteiger partial charge in [0, 0.05) is 24.5 Å². The first-order valence-electron chi connectivity index (χ1n) is 17.0. The van der Waals surface area contributed by atoms with Gasteiger partial charge in [-0.1, -0.05) is 166 Å². The van der Waals surface area contributed by atoms with E-state index in [2.05, 4.69) is 38.1 Å². The molecular weight excluding hydrogens is 488 g/mol. The lowest BCUT2D eigenvalue weighted by Gasteiger charge is -2.31. The predicted octanol–water partition coefficient (Wildman–Crippen LogP) is 12.0. The molecule has 3 nitrogen and oxygen atoms in total. The Morgan fingerprint density at radius 2 is 0.700 bits per heavy atom. The van der Waals surface area contributed by atoms with Gasteiger partial charge in [-0.2, -0.15) is 0 Å². The van der Waals surface area contributed by atoms with Gasteiger partial charge < -0.3 is 0 Å². The van der Waals surface area contributed by atoms with E-state index in [0.717, 1.165) is 37.3 Å². The molecule has 2 amide bonds. The normalized spacial score (nSPS) is 11.1. The van der Waals surface area contributed by atoms with Crippen molar-refractivity contribution in [3.63, 3.8) is 0 Å². The molecule has 0 spiro atoms. The van der Waals surface area contributed by atoms with E-state index in [0.29, 0.717) is 0 Å². The lowest BCUT2D eigenvalue weighted by Crippen LogP contribution is -2.44. The maximum atomic E-state index is 14.1. The summed E-state index contributed by atoms with van der Waals surface area (Å²) >= 11 is 0. The van der Waals surface area contributed by atoms with Gasteiger partial charge in [-0.25, -0.2) is 4.79 Å². The van der Waals surface area contributed by atoms with Gasteiger partial charge in [0.15, 0.2) is 0 Å². The minimum absolute atomic E-state index is 0.115. The molecule has 0 aromatic heterocycles. The Balaban J connectivity index is 1.87. The molecule has 0 radical (unpaired) electrons. The summed E-state index contributed by atoms with van der Waals surface area (Å²) in [7, 11) is 0. The maximum absolute atomic E-state index is 14.1. The van der Waals surface area contributed by atoms with E-state index in [-0.39, 0.29) is 6.03 Å². The number of urea groups is 1. The highest BCUT2D eigenvalue weighted by molar-refractivity contribution is 6.03. The molecule has 2 aromatic carbocycles. The standard InChI is InChI=1S/C37H60N2O/c1-3-5-7-9-11-13-15-17-19-27-33-38(35-29-23-21-24-30-35)37(40)39(36-31-25-22-26-32-36)34-28-20-18-16-14-12-10-8-6-4-2/h21-26,29-32H,3-20,27-28,33-34H2,1-2H3. The molecule has 0 unspecified atom stereocenters. The Bertz CT molecular complexity index is 768. The zero-order valence-corrected chi connectivity index (χ0v) is 26.1. The summed E-state index contributed by atoms with van der Waals surface area (Å²) in [5.41, 5.74) is 2.01. The lowest BCUT2D eigenvalue weighted by molar-refractivity contribution is 0.251. The van der Waals surface area contributed by atoms with E-state index in [1.807, 2.05) is 46.2 Å². The highest BCUT2D eigenvalue weighted by Gasteiger charge is 2.23. The molecule has 40 heavy (non-hydrogen) atoms. The Morgan fingerprint density at radius 1 is 0.425 bits per heavy atom. The molecule has 0 saturated heterocycles. The number of benzene rings is 2. The number of hydrogen-bond acceptors (Lipinski definition) is 1. The van der Waals surface area contributed by atoms with Crippen LogP contribution in [0, 0.1) is 0 Å². The molecule has 224 valence electrons. The first kappa shape index (κ1) is 33.9. The smallest absolute Gasteiger partial charge is 0.294 e. The van der Waals surface area contributed by atoms with E-state index < -0.39 is 0 Å². The first-order chi connectivity index (χ1) is 19.8. The van der Waals surface area contributed by atoms with Crippen LogP contribution in [0.4, 0.5) is 16.2 Å². The zero-order chi connectivity index (χ0) is 28.5. The second-order valence-corrected chi connectivity index (χ2v) is 11.6. The molecule has 0 atom stereocenters. The van der Waals surface area contributed by atoms with E-state index in [1.165, 1.54) is 116 Å². The largest absolute Gasteiger partial charge is 0.328 e. The molecule has 2 rings (SSSR count). The second-order valence-electron chi connectivity index (χ2n) is 11.6. The van der Waals surface area contributed by atoms with Crippen LogP contribution in [-0.2, 0) is 0 Å². The fourth-order valence-electron chi connectivity index (χ4n) is 5.55. The predicted molar refractivity (Wildman–Crippen MR) is 177 cm³/mol. The van der Waals surface area contributed by atoms with E-state index in [9.17, 15) is 4.79 Å². The van der Waals surface area contributed by atoms with Crippen molar-refractivity contribution in [3.05, 3.63) is 60.7 Å². The van der Waals surface area contributed by atoms with E-state index in [1.54, 1.807) is 0 Å². The van der Waals surface area contributed by atoms with Crippen molar-refractivity contribution < 1.29 is 4.79 Å². The van der Waals surface area contributed by atoms with Crippen molar-refractivity contribution in [2.75, 3.05) is 22.9 Å². The minimum Gasteiger partial charge on any atom is -0.294 e. The number of hydrogen-bond donors (Lipinski definition) is 0. The van der Waals surface area contributed by atoms with E-state index in [4.69, 9.17) is 0 Å². The molecule has 0 aliphatic carbocycles. The summed E-state index contributed by atoms with van der Waals surface area (Å²) in [6, 6.07) is 20.7. The minimum atomic E-state index is 0.115. The molecule has 0 N–H and O–H groups in total. The van der Waals surface area contributed by atoms with Crippen molar-refractivity contribution in [3.8, 4) is 0 Å². The quantitative estimate of drug-likeness (QED) is 0.120. The summed E-state index contributed by atoms with van der Waals surface area (Å²) in [5, 5.41) is 0. The fourth-order valence-corrected chi connectivity index (χ4v) is 5.55. The molecule has 0 saturated carbocycles. The lowest BCUT2D eigenvalue weighted by atomic mass is 10.1. The average Bonchev–Trinajstić information content (AvgIpc) is 2.99. The van der Waals surface area contributed by atoms with Gasteiger partial charge in [0.1, 0.15) is 0 Å². The van der Waals surface area contributed by atoms with Crippen LogP contribution in [-0.4, -0.2) is 19.1 Å². The average molecular weight is 549 g/mol. The number of carbonyl (C=O) groups is 1. The van der Waals surface area contributed by atoms with Crippen molar-refractivity contribution in [2.45, 2.75) is 142 Å². The second kappa shape index (κ2) is 23.4. The van der Waals surface area contributed by atoms with Crippen LogP contribution in [0.2, 0.25) is 0 Å². The van der Waals surface area contributed by atoms with Gasteiger partial charge in [0.2, 0.25) is 0 Å². The van der Waals surface area contributed by atoms with Crippen molar-refractivity contribution in [2.24, 2.45) is 0 Å². The molecule has 3 heteroatoms. The maximum Gasteiger partial charge on any atom is 0.328 e. The van der Waals surface area contributed by atoms with Gasteiger partial charge in [0.05, 0.1) is 0 Å². The number of anilines is 2. The van der Waals surface area contributed by atoms with Gasteiger partial charge in [-0.15, -0.1) is 0 Å². The SMILES string of the molecule is CCCCCCCCCCCCN(C(=O)N(CCCCCCCCCCCC)c1ccccc1)c1ccccc1. The first-order valence-corrected chi connectivity index (χ1v) is 17.0. The molecule has 2 aromatic rings. The van der Waals surface area contributed by atoms with Crippen LogP contribution in [0.5, 0.6) is 0 Å². The molecule has 0 heterocycles.